The molecule has 4 unspecified atom stereocenters. The first kappa shape index (κ1) is 84.6. The Morgan fingerprint density at radius 1 is 0.267 bits per heavy atom. The number of aliphatic hydroxyl groups excluding tert-OH is 4. The summed E-state index contributed by atoms with van der Waals surface area (Å²) in [6.07, 6.45) is 56.7. The van der Waals surface area contributed by atoms with Gasteiger partial charge in [-0.15, -0.1) is 0 Å². The van der Waals surface area contributed by atoms with E-state index in [9.17, 15) is 30.0 Å². The van der Waals surface area contributed by atoms with Gasteiger partial charge in [-0.1, -0.05) is 285 Å². The molecular formula is C74H150N4O8. The lowest BCUT2D eigenvalue weighted by Crippen LogP contribution is -2.35. The van der Waals surface area contributed by atoms with Gasteiger partial charge in [0.2, 0.25) is 0 Å². The van der Waals surface area contributed by atoms with Gasteiger partial charge >= 0.3 is 11.9 Å². The maximum Gasteiger partial charge on any atom is 0.307 e. The average molecular weight is 1220 g/mol. The summed E-state index contributed by atoms with van der Waals surface area (Å²) in [6, 6.07) is 0. The fourth-order valence-corrected chi connectivity index (χ4v) is 11.9. The highest BCUT2D eigenvalue weighted by molar-refractivity contribution is 5.69. The predicted molar refractivity (Wildman–Crippen MR) is 367 cm³/mol. The van der Waals surface area contributed by atoms with Crippen molar-refractivity contribution in [2.24, 2.45) is 0 Å². The third-order valence-electron chi connectivity index (χ3n) is 18.3. The minimum atomic E-state index is -0.336. The summed E-state index contributed by atoms with van der Waals surface area (Å²) in [5.41, 5.74) is 0. The topological polar surface area (TPSA) is 146 Å². The van der Waals surface area contributed by atoms with E-state index in [-0.39, 0.29) is 36.4 Å². The minimum absolute atomic E-state index is 0.213. The summed E-state index contributed by atoms with van der Waals surface area (Å²) in [4.78, 5) is 34.7. The SMILES string of the molecule is CCCCCCCCCCCCC(O)CCN(CCOC(=O)CCN(C)CCN(C)CCC(=O)OCCN(CCC(O)CCCCCCCCCCCC)CCC(O)CCCCCCCCCCCC)CCC(O)CCCCCCCCCCCC. The van der Waals surface area contributed by atoms with Gasteiger partial charge in [0.25, 0.3) is 0 Å². The van der Waals surface area contributed by atoms with Crippen LogP contribution in [0.4, 0.5) is 0 Å². The molecule has 0 aliphatic carbocycles. The standard InChI is InChI=1S/C74H150N4O8/c1-7-11-15-19-23-27-31-35-39-43-47-69(79)51-59-77(60-52-70(80)48-44-40-36-32-28-24-20-16-12-8-2)65-67-85-73(83)55-57-75(5)63-64-76(6)58-56-74(84)86-68-66-78(61-53-71(81)49-45-41-37-33-29-25-21-17-13-9-3)62-54-72(82)50-46-42-38-34-30-26-22-18-14-10-4/h69-72,79-82H,7-68H2,1-6H3. The molecule has 0 radical (unpaired) electrons. The van der Waals surface area contributed by atoms with E-state index in [1.165, 1.54) is 231 Å². The molecule has 4 atom stereocenters. The molecule has 0 fully saturated rings. The fraction of sp³-hybridized carbons (Fsp3) is 0.973. The van der Waals surface area contributed by atoms with Crippen LogP contribution in [0.5, 0.6) is 0 Å². The van der Waals surface area contributed by atoms with Gasteiger partial charge in [0.15, 0.2) is 0 Å². The molecular weight excluding hydrogens is 1070 g/mol. The van der Waals surface area contributed by atoms with Gasteiger partial charge in [0.1, 0.15) is 13.2 Å². The molecule has 514 valence electrons. The van der Waals surface area contributed by atoms with Crippen molar-refractivity contribution in [3.8, 4) is 0 Å². The summed E-state index contributed by atoms with van der Waals surface area (Å²) >= 11 is 0. The van der Waals surface area contributed by atoms with Gasteiger partial charge in [-0.3, -0.25) is 19.4 Å². The molecule has 0 heterocycles. The van der Waals surface area contributed by atoms with Gasteiger partial charge in [0, 0.05) is 65.4 Å². The summed E-state index contributed by atoms with van der Waals surface area (Å²) in [5, 5.41) is 43.7. The number of likely N-dealkylation sites (N-methyl/N-ethyl adjacent to an activating group) is 2. The Morgan fingerprint density at radius 3 is 0.674 bits per heavy atom. The molecule has 0 rings (SSSR count). The Hall–Kier alpha value is -1.38. The molecule has 86 heavy (non-hydrogen) atoms. The van der Waals surface area contributed by atoms with Crippen molar-refractivity contribution in [2.45, 2.75) is 373 Å². The van der Waals surface area contributed by atoms with Crippen molar-refractivity contribution in [1.82, 2.24) is 19.6 Å². The number of ether oxygens (including phenoxy) is 2. The normalized spacial score (nSPS) is 13.4. The fourth-order valence-electron chi connectivity index (χ4n) is 11.9. The number of hydrogen-bond acceptors (Lipinski definition) is 12. The van der Waals surface area contributed by atoms with Crippen molar-refractivity contribution < 1.29 is 39.5 Å². The number of nitrogens with zero attached hydrogens (tertiary/aromatic N) is 4. The number of unbranched alkanes of at least 4 members (excludes halogenated alkanes) is 36. The summed E-state index contributed by atoms with van der Waals surface area (Å²) in [7, 11) is 4.03. The summed E-state index contributed by atoms with van der Waals surface area (Å²) in [5.74, 6) is -0.427. The smallest absolute Gasteiger partial charge is 0.307 e. The highest BCUT2D eigenvalue weighted by Gasteiger charge is 2.17. The highest BCUT2D eigenvalue weighted by Crippen LogP contribution is 2.19. The van der Waals surface area contributed by atoms with Crippen molar-refractivity contribution in [1.29, 1.82) is 0 Å². The predicted octanol–water partition coefficient (Wildman–Crippen LogP) is 17.6. The molecule has 0 saturated carbocycles. The van der Waals surface area contributed by atoms with Crippen molar-refractivity contribution in [3.05, 3.63) is 0 Å². The lowest BCUT2D eigenvalue weighted by atomic mass is 10.0. The quantitative estimate of drug-likeness (QED) is 0.0340. The van der Waals surface area contributed by atoms with Crippen LogP contribution in [0.1, 0.15) is 349 Å². The Morgan fingerprint density at radius 2 is 0.465 bits per heavy atom. The summed E-state index contributed by atoms with van der Waals surface area (Å²) in [6.45, 7) is 16.4. The maximum atomic E-state index is 13.0. The Balaban J connectivity index is 4.84. The molecule has 0 amide bonds. The van der Waals surface area contributed by atoms with Crippen LogP contribution in [0.15, 0.2) is 0 Å². The van der Waals surface area contributed by atoms with Gasteiger partial charge in [-0.2, -0.15) is 0 Å². The first-order valence-electron chi connectivity index (χ1n) is 37.8. The van der Waals surface area contributed by atoms with E-state index in [2.05, 4.69) is 47.3 Å². The van der Waals surface area contributed by atoms with E-state index in [1.54, 1.807) is 0 Å². The summed E-state index contributed by atoms with van der Waals surface area (Å²) < 4.78 is 11.5. The Labute approximate surface area is 534 Å². The molecule has 0 aliphatic rings. The highest BCUT2D eigenvalue weighted by atomic mass is 16.5. The van der Waals surface area contributed by atoms with E-state index >= 15 is 0 Å². The monoisotopic (exact) mass is 1220 g/mol. The number of rotatable bonds is 71. The van der Waals surface area contributed by atoms with Crippen molar-refractivity contribution in [2.75, 3.05) is 92.8 Å². The largest absolute Gasteiger partial charge is 0.464 e. The zero-order chi connectivity index (χ0) is 63.0. The second-order valence-corrected chi connectivity index (χ2v) is 26.9. The van der Waals surface area contributed by atoms with E-state index in [0.29, 0.717) is 77.9 Å². The molecule has 12 heteroatoms. The zero-order valence-electron chi connectivity index (χ0n) is 58.4. The number of carbonyl (C=O) groups is 2. The molecule has 0 aromatic carbocycles. The van der Waals surface area contributed by atoms with E-state index < -0.39 is 0 Å². The van der Waals surface area contributed by atoms with E-state index in [1.807, 2.05) is 14.1 Å². The van der Waals surface area contributed by atoms with Crippen LogP contribution in [-0.4, -0.2) is 169 Å². The number of aliphatic hydroxyl groups is 4. The van der Waals surface area contributed by atoms with Crippen LogP contribution in [0.2, 0.25) is 0 Å². The first-order chi connectivity index (χ1) is 41.9. The molecule has 0 spiro atoms. The number of esters is 2. The number of hydrogen-bond donors (Lipinski definition) is 4. The minimum Gasteiger partial charge on any atom is -0.464 e. The third kappa shape index (κ3) is 62.8. The molecule has 0 aromatic heterocycles. The molecule has 12 nitrogen and oxygen atoms in total. The Bertz CT molecular complexity index is 1210. The second-order valence-electron chi connectivity index (χ2n) is 26.9. The molecule has 0 bridgehead atoms. The van der Waals surface area contributed by atoms with Gasteiger partial charge in [-0.25, -0.2) is 0 Å². The third-order valence-corrected chi connectivity index (χ3v) is 18.3. The number of carbonyl (C=O) groups excluding carboxylic acids is 2. The Kier molecular flexibility index (Phi) is 65.5. The average Bonchev–Trinajstić information content (AvgIpc) is 3.53. The van der Waals surface area contributed by atoms with Crippen molar-refractivity contribution in [3.63, 3.8) is 0 Å². The molecule has 0 saturated heterocycles. The zero-order valence-corrected chi connectivity index (χ0v) is 58.4. The second kappa shape index (κ2) is 66.5. The van der Waals surface area contributed by atoms with E-state index in [0.717, 1.165) is 90.6 Å². The van der Waals surface area contributed by atoms with Crippen LogP contribution < -0.4 is 0 Å². The van der Waals surface area contributed by atoms with Gasteiger partial charge in [0.05, 0.1) is 37.3 Å². The van der Waals surface area contributed by atoms with Crippen LogP contribution in [0.3, 0.4) is 0 Å². The maximum absolute atomic E-state index is 13.0. The van der Waals surface area contributed by atoms with Crippen molar-refractivity contribution >= 4 is 11.9 Å². The van der Waals surface area contributed by atoms with Crippen LogP contribution in [0.25, 0.3) is 0 Å². The first-order valence-corrected chi connectivity index (χ1v) is 37.8. The molecule has 0 aromatic rings. The van der Waals surface area contributed by atoms with Crippen LogP contribution in [0, 0.1) is 0 Å². The van der Waals surface area contributed by atoms with Gasteiger partial charge in [-0.05, 0) is 65.5 Å². The lowest BCUT2D eigenvalue weighted by molar-refractivity contribution is -0.145. The van der Waals surface area contributed by atoms with Crippen LogP contribution >= 0.6 is 0 Å². The lowest BCUT2D eigenvalue weighted by Gasteiger charge is -2.25. The van der Waals surface area contributed by atoms with Crippen LogP contribution in [-0.2, 0) is 19.1 Å². The van der Waals surface area contributed by atoms with E-state index in [4.69, 9.17) is 9.47 Å². The molecule has 0 aliphatic heterocycles. The molecule has 4 N–H and O–H groups in total. The van der Waals surface area contributed by atoms with Gasteiger partial charge < -0.3 is 39.7 Å².